The van der Waals surface area contributed by atoms with E-state index in [4.69, 9.17) is 5.26 Å². The van der Waals surface area contributed by atoms with Crippen molar-refractivity contribution < 1.29 is 4.79 Å². The van der Waals surface area contributed by atoms with Crippen LogP contribution in [0.5, 0.6) is 0 Å². The van der Waals surface area contributed by atoms with Crippen LogP contribution in [0.4, 0.5) is 0 Å². The van der Waals surface area contributed by atoms with Gasteiger partial charge in [-0.15, -0.1) is 0 Å². The number of nitrogens with one attached hydrogen (secondary N) is 1. The Morgan fingerprint density at radius 2 is 2.07 bits per heavy atom. The highest BCUT2D eigenvalue weighted by molar-refractivity contribution is 5.85. The molecule has 0 heterocycles. The Bertz CT molecular complexity index is 387. The number of hydrogen-bond acceptors (Lipinski definition) is 2. The van der Waals surface area contributed by atoms with Gasteiger partial charge in [0.1, 0.15) is 0 Å². The molecule has 70 valence electrons. The van der Waals surface area contributed by atoms with Gasteiger partial charge in [0.2, 0.25) is 5.91 Å². The second kappa shape index (κ2) is 4.83. The van der Waals surface area contributed by atoms with Gasteiger partial charge in [-0.05, 0) is 5.56 Å². The van der Waals surface area contributed by atoms with E-state index in [0.29, 0.717) is 5.70 Å². The van der Waals surface area contributed by atoms with Gasteiger partial charge in [0.05, 0.1) is 11.8 Å². The molecule has 0 fully saturated rings. The first-order chi connectivity index (χ1) is 6.74. The first-order valence-corrected chi connectivity index (χ1v) is 4.17. The van der Waals surface area contributed by atoms with Crippen molar-refractivity contribution in [3.8, 4) is 6.07 Å². The molecule has 0 aliphatic heterocycles. The zero-order valence-corrected chi connectivity index (χ0v) is 7.82. The molecule has 1 aromatic rings. The summed E-state index contributed by atoms with van der Waals surface area (Å²) in [5.74, 6) is -0.185. The number of carbonyl (C=O) groups excluding carboxylic acids is 1. The van der Waals surface area contributed by atoms with Crippen molar-refractivity contribution in [2.75, 3.05) is 0 Å². The second-order valence-electron chi connectivity index (χ2n) is 2.73. The number of allylic oxidation sites excluding steroid dienone is 1. The lowest BCUT2D eigenvalue weighted by molar-refractivity contribution is -0.117. The molecule has 1 rings (SSSR count). The Morgan fingerprint density at radius 1 is 1.43 bits per heavy atom. The van der Waals surface area contributed by atoms with Crippen LogP contribution in [0, 0.1) is 11.3 Å². The molecule has 0 aromatic heterocycles. The maximum atomic E-state index is 10.8. The molecule has 1 N–H and O–H groups in total. The minimum absolute atomic E-state index is 0.185. The van der Waals surface area contributed by atoms with Crippen LogP contribution in [0.3, 0.4) is 0 Å². The Kier molecular flexibility index (Phi) is 3.45. The molecule has 0 atom stereocenters. The van der Waals surface area contributed by atoms with Gasteiger partial charge < -0.3 is 5.32 Å². The number of carbonyl (C=O) groups is 1. The highest BCUT2D eigenvalue weighted by atomic mass is 16.1. The number of hydrogen-bond donors (Lipinski definition) is 1. The number of nitriles is 1. The summed E-state index contributed by atoms with van der Waals surface area (Å²) in [5, 5.41) is 11.1. The lowest BCUT2D eigenvalue weighted by atomic mass is 10.1. The van der Waals surface area contributed by atoms with Gasteiger partial charge in [0, 0.05) is 13.0 Å². The summed E-state index contributed by atoms with van der Waals surface area (Å²) >= 11 is 0. The van der Waals surface area contributed by atoms with Crippen molar-refractivity contribution in [2.24, 2.45) is 0 Å². The Morgan fingerprint density at radius 3 is 2.57 bits per heavy atom. The summed E-state index contributed by atoms with van der Waals surface area (Å²) in [7, 11) is 0. The van der Waals surface area contributed by atoms with Crippen LogP contribution >= 0.6 is 0 Å². The van der Waals surface area contributed by atoms with Crippen LogP contribution in [0.2, 0.25) is 0 Å². The third-order valence-electron chi connectivity index (χ3n) is 1.60. The molecule has 0 saturated heterocycles. The van der Waals surface area contributed by atoms with Gasteiger partial charge in [0.15, 0.2) is 0 Å². The lowest BCUT2D eigenvalue weighted by Crippen LogP contribution is -2.17. The minimum atomic E-state index is -0.185. The molecule has 0 unspecified atom stereocenters. The molecule has 0 aliphatic carbocycles. The summed E-state index contributed by atoms with van der Waals surface area (Å²) in [4.78, 5) is 10.8. The minimum Gasteiger partial charge on any atom is -0.325 e. The number of nitrogens with zero attached hydrogens (tertiary/aromatic N) is 1. The lowest BCUT2D eigenvalue weighted by Gasteiger charge is -2.05. The van der Waals surface area contributed by atoms with Crippen LogP contribution in [0.15, 0.2) is 36.4 Å². The summed E-state index contributed by atoms with van der Waals surface area (Å²) in [6.45, 7) is 1.41. The van der Waals surface area contributed by atoms with E-state index < -0.39 is 0 Å². The highest BCUT2D eigenvalue weighted by Crippen LogP contribution is 2.09. The Balaban J connectivity index is 2.97. The van der Waals surface area contributed by atoms with Crippen molar-refractivity contribution in [3.05, 3.63) is 42.0 Å². The standard InChI is InChI=1S/C11H10N2O/c1-9(14)13-11(7-8-12)10-5-3-2-4-6-10/h2-7H,1H3,(H,13,14)/b11-7+. The van der Waals surface area contributed by atoms with E-state index in [9.17, 15) is 4.79 Å². The van der Waals surface area contributed by atoms with Crippen LogP contribution in [-0.4, -0.2) is 5.91 Å². The fraction of sp³-hybridized carbons (Fsp3) is 0.0909. The van der Waals surface area contributed by atoms with E-state index in [-0.39, 0.29) is 5.91 Å². The molecule has 0 radical (unpaired) electrons. The summed E-state index contributed by atoms with van der Waals surface area (Å²) < 4.78 is 0. The Hall–Kier alpha value is -2.08. The fourth-order valence-corrected chi connectivity index (χ4v) is 1.06. The molecule has 14 heavy (non-hydrogen) atoms. The average molecular weight is 186 g/mol. The SMILES string of the molecule is CC(=O)N/C(=C/C#N)c1ccccc1. The van der Waals surface area contributed by atoms with Crippen LogP contribution in [0.1, 0.15) is 12.5 Å². The topological polar surface area (TPSA) is 52.9 Å². The molecular formula is C11H10N2O. The number of benzene rings is 1. The van der Waals surface area contributed by atoms with Crippen LogP contribution in [-0.2, 0) is 4.79 Å². The summed E-state index contributed by atoms with van der Waals surface area (Å²) in [6.07, 6.45) is 1.32. The van der Waals surface area contributed by atoms with E-state index in [1.165, 1.54) is 13.0 Å². The fourth-order valence-electron chi connectivity index (χ4n) is 1.06. The van der Waals surface area contributed by atoms with Gasteiger partial charge in [-0.1, -0.05) is 30.3 Å². The molecule has 3 heteroatoms. The molecule has 0 spiro atoms. The van der Waals surface area contributed by atoms with E-state index in [1.807, 2.05) is 36.4 Å². The quantitative estimate of drug-likeness (QED) is 0.714. The Labute approximate surface area is 82.7 Å². The molecular weight excluding hydrogens is 176 g/mol. The van der Waals surface area contributed by atoms with Gasteiger partial charge in [-0.25, -0.2) is 0 Å². The molecule has 0 bridgehead atoms. The maximum Gasteiger partial charge on any atom is 0.221 e. The molecule has 0 aliphatic rings. The zero-order chi connectivity index (χ0) is 10.4. The normalized spacial score (nSPS) is 10.4. The number of amides is 1. The monoisotopic (exact) mass is 186 g/mol. The molecule has 1 aromatic carbocycles. The zero-order valence-electron chi connectivity index (χ0n) is 7.82. The maximum absolute atomic E-state index is 10.8. The third kappa shape index (κ3) is 2.76. The van der Waals surface area contributed by atoms with Crippen molar-refractivity contribution in [1.82, 2.24) is 5.32 Å². The van der Waals surface area contributed by atoms with E-state index in [1.54, 1.807) is 0 Å². The summed E-state index contributed by atoms with van der Waals surface area (Å²) in [6, 6.07) is 11.1. The summed E-state index contributed by atoms with van der Waals surface area (Å²) in [5.41, 5.74) is 1.35. The van der Waals surface area contributed by atoms with E-state index in [2.05, 4.69) is 5.32 Å². The van der Waals surface area contributed by atoms with Crippen LogP contribution in [0.25, 0.3) is 5.70 Å². The second-order valence-corrected chi connectivity index (χ2v) is 2.73. The highest BCUT2D eigenvalue weighted by Gasteiger charge is 2.01. The first kappa shape index (κ1) is 10.0. The van der Waals surface area contributed by atoms with Gasteiger partial charge in [-0.2, -0.15) is 5.26 Å². The molecule has 1 amide bonds. The predicted molar refractivity (Wildman–Crippen MR) is 53.8 cm³/mol. The first-order valence-electron chi connectivity index (χ1n) is 4.17. The number of rotatable bonds is 2. The van der Waals surface area contributed by atoms with Gasteiger partial charge in [0.25, 0.3) is 0 Å². The molecule has 0 saturated carbocycles. The van der Waals surface area contributed by atoms with Crippen molar-refractivity contribution in [2.45, 2.75) is 6.92 Å². The van der Waals surface area contributed by atoms with Crippen molar-refractivity contribution in [3.63, 3.8) is 0 Å². The largest absolute Gasteiger partial charge is 0.325 e. The van der Waals surface area contributed by atoms with Crippen molar-refractivity contribution in [1.29, 1.82) is 5.26 Å². The molecule has 3 nitrogen and oxygen atoms in total. The van der Waals surface area contributed by atoms with Crippen LogP contribution < -0.4 is 5.32 Å². The smallest absolute Gasteiger partial charge is 0.221 e. The third-order valence-corrected chi connectivity index (χ3v) is 1.60. The van der Waals surface area contributed by atoms with Gasteiger partial charge >= 0.3 is 0 Å². The predicted octanol–water partition coefficient (Wildman–Crippen LogP) is 1.69. The van der Waals surface area contributed by atoms with E-state index in [0.717, 1.165) is 5.56 Å². The van der Waals surface area contributed by atoms with Gasteiger partial charge in [-0.3, -0.25) is 4.79 Å². The average Bonchev–Trinajstić information content (AvgIpc) is 2.18. The van der Waals surface area contributed by atoms with E-state index >= 15 is 0 Å². The van der Waals surface area contributed by atoms with Crippen molar-refractivity contribution >= 4 is 11.6 Å².